The maximum absolute atomic E-state index is 12.4. The first-order chi connectivity index (χ1) is 13.7. The van der Waals surface area contributed by atoms with Gasteiger partial charge in [-0.1, -0.05) is 12.1 Å². The molecule has 0 aliphatic carbocycles. The van der Waals surface area contributed by atoms with Gasteiger partial charge in [-0.15, -0.1) is 0 Å². The minimum Gasteiger partial charge on any atom is -0.463 e. The standard InChI is InChI=1S/C20H20N6O2/c21-20-25-17(13-28-20)8-4-14-2-6-16(7-3-14)24-19(27)15-5-9-18(22-12-15)26-11-1-10-23-26/h1-3,5-7,9-12,17H,4,8,13H2,(H2,21,25)(H,24,27). The van der Waals surface area contributed by atoms with Crippen molar-refractivity contribution in [1.29, 1.82) is 0 Å². The van der Waals surface area contributed by atoms with E-state index in [2.05, 4.69) is 20.4 Å². The Kier molecular flexibility index (Phi) is 5.01. The summed E-state index contributed by atoms with van der Waals surface area (Å²) in [6.45, 7) is 0.549. The van der Waals surface area contributed by atoms with Gasteiger partial charge in [0.2, 0.25) is 0 Å². The van der Waals surface area contributed by atoms with Crippen LogP contribution >= 0.6 is 0 Å². The van der Waals surface area contributed by atoms with Gasteiger partial charge < -0.3 is 15.8 Å². The van der Waals surface area contributed by atoms with Gasteiger partial charge in [-0.3, -0.25) is 4.79 Å². The largest absolute Gasteiger partial charge is 0.463 e. The first kappa shape index (κ1) is 17.7. The lowest BCUT2D eigenvalue weighted by molar-refractivity contribution is 0.102. The normalized spacial score (nSPS) is 15.7. The molecule has 1 aliphatic heterocycles. The number of carbonyl (C=O) groups excluding carboxylic acids is 1. The van der Waals surface area contributed by atoms with E-state index in [0.717, 1.165) is 18.5 Å². The number of carbonyl (C=O) groups is 1. The summed E-state index contributed by atoms with van der Waals surface area (Å²) >= 11 is 0. The number of nitrogens with zero attached hydrogens (tertiary/aromatic N) is 4. The fourth-order valence-electron chi connectivity index (χ4n) is 2.94. The number of ether oxygens (including phenoxy) is 1. The molecule has 142 valence electrons. The van der Waals surface area contributed by atoms with Gasteiger partial charge in [-0.25, -0.2) is 14.7 Å². The van der Waals surface area contributed by atoms with Crippen LogP contribution in [0.3, 0.4) is 0 Å². The smallest absolute Gasteiger partial charge is 0.282 e. The molecule has 0 fully saturated rings. The van der Waals surface area contributed by atoms with Crippen molar-refractivity contribution >= 4 is 17.6 Å². The number of amides is 1. The van der Waals surface area contributed by atoms with E-state index in [0.29, 0.717) is 18.0 Å². The number of aryl methyl sites for hydroxylation is 1. The highest BCUT2D eigenvalue weighted by molar-refractivity contribution is 6.04. The minimum absolute atomic E-state index is 0.122. The van der Waals surface area contributed by atoms with Crippen LogP contribution in [0.4, 0.5) is 5.69 Å². The van der Waals surface area contributed by atoms with Crippen molar-refractivity contribution in [3.63, 3.8) is 0 Å². The first-order valence-electron chi connectivity index (χ1n) is 9.00. The third-order valence-electron chi connectivity index (χ3n) is 4.46. The van der Waals surface area contributed by atoms with E-state index in [1.54, 1.807) is 29.2 Å². The second-order valence-corrected chi connectivity index (χ2v) is 6.48. The Morgan fingerprint density at radius 3 is 2.75 bits per heavy atom. The highest BCUT2D eigenvalue weighted by Gasteiger charge is 2.16. The van der Waals surface area contributed by atoms with Crippen molar-refractivity contribution in [1.82, 2.24) is 14.8 Å². The van der Waals surface area contributed by atoms with Crippen LogP contribution in [-0.4, -0.2) is 39.3 Å². The number of nitrogens with two attached hydrogens (primary N) is 1. The molecule has 8 heteroatoms. The molecule has 0 saturated heterocycles. The Bertz CT molecular complexity index is 965. The molecule has 1 aromatic carbocycles. The van der Waals surface area contributed by atoms with Crippen LogP contribution < -0.4 is 11.1 Å². The fraction of sp³-hybridized carbons (Fsp3) is 0.200. The summed E-state index contributed by atoms with van der Waals surface area (Å²) in [5, 5.41) is 7.00. The highest BCUT2D eigenvalue weighted by atomic mass is 16.5. The summed E-state index contributed by atoms with van der Waals surface area (Å²) in [4.78, 5) is 20.9. The molecule has 1 atom stereocenters. The molecule has 3 heterocycles. The van der Waals surface area contributed by atoms with Crippen LogP contribution in [0, 0.1) is 0 Å². The maximum Gasteiger partial charge on any atom is 0.282 e. The molecule has 3 N–H and O–H groups in total. The number of rotatable bonds is 6. The molecule has 28 heavy (non-hydrogen) atoms. The summed E-state index contributed by atoms with van der Waals surface area (Å²) in [6, 6.07) is 13.5. The highest BCUT2D eigenvalue weighted by Crippen LogP contribution is 2.15. The summed E-state index contributed by atoms with van der Waals surface area (Å²) in [6.07, 6.45) is 6.76. The summed E-state index contributed by atoms with van der Waals surface area (Å²) in [7, 11) is 0. The zero-order valence-corrected chi connectivity index (χ0v) is 15.2. The Morgan fingerprint density at radius 2 is 2.11 bits per heavy atom. The van der Waals surface area contributed by atoms with Crippen molar-refractivity contribution in [2.45, 2.75) is 18.9 Å². The van der Waals surface area contributed by atoms with Crippen LogP contribution in [0.25, 0.3) is 5.82 Å². The zero-order valence-electron chi connectivity index (χ0n) is 15.2. The molecular formula is C20H20N6O2. The monoisotopic (exact) mass is 376 g/mol. The number of anilines is 1. The minimum atomic E-state index is -0.208. The average Bonchev–Trinajstić information content (AvgIpc) is 3.39. The van der Waals surface area contributed by atoms with Gasteiger partial charge in [0.15, 0.2) is 5.82 Å². The van der Waals surface area contributed by atoms with Gasteiger partial charge in [0.05, 0.1) is 11.6 Å². The predicted octanol–water partition coefficient (Wildman–Crippen LogP) is 2.17. The van der Waals surface area contributed by atoms with E-state index in [9.17, 15) is 4.79 Å². The summed E-state index contributed by atoms with van der Waals surface area (Å²) in [5.74, 6) is 0.449. The Hall–Kier alpha value is -3.68. The van der Waals surface area contributed by atoms with Gasteiger partial charge in [0, 0.05) is 24.3 Å². The molecule has 2 aromatic heterocycles. The van der Waals surface area contributed by atoms with Crippen LogP contribution in [0.15, 0.2) is 66.0 Å². The van der Waals surface area contributed by atoms with E-state index >= 15 is 0 Å². The van der Waals surface area contributed by atoms with Crippen LogP contribution in [0.1, 0.15) is 22.3 Å². The number of benzene rings is 1. The van der Waals surface area contributed by atoms with E-state index in [1.807, 2.05) is 30.3 Å². The van der Waals surface area contributed by atoms with Crippen molar-refractivity contribution in [3.8, 4) is 5.82 Å². The van der Waals surface area contributed by atoms with Gasteiger partial charge in [-0.05, 0) is 48.7 Å². The lowest BCUT2D eigenvalue weighted by Gasteiger charge is -2.08. The number of amidine groups is 1. The second kappa shape index (κ2) is 7.91. The van der Waals surface area contributed by atoms with Gasteiger partial charge >= 0.3 is 0 Å². The molecule has 0 radical (unpaired) electrons. The summed E-state index contributed by atoms with van der Waals surface area (Å²) in [5.41, 5.74) is 7.91. The Labute approximate surface area is 162 Å². The van der Waals surface area contributed by atoms with E-state index in [-0.39, 0.29) is 18.0 Å². The molecule has 0 saturated carbocycles. The van der Waals surface area contributed by atoms with Crippen LogP contribution in [0.2, 0.25) is 0 Å². The van der Waals surface area contributed by atoms with Crippen LogP contribution in [0.5, 0.6) is 0 Å². The van der Waals surface area contributed by atoms with Crippen molar-refractivity contribution < 1.29 is 9.53 Å². The maximum atomic E-state index is 12.4. The molecule has 8 nitrogen and oxygen atoms in total. The van der Waals surface area contributed by atoms with E-state index in [1.165, 1.54) is 11.8 Å². The van der Waals surface area contributed by atoms with E-state index < -0.39 is 0 Å². The molecule has 1 amide bonds. The molecule has 4 rings (SSSR count). The number of nitrogens with one attached hydrogen (secondary N) is 1. The summed E-state index contributed by atoms with van der Waals surface area (Å²) < 4.78 is 6.79. The van der Waals surface area contributed by atoms with Crippen molar-refractivity contribution in [2.75, 3.05) is 11.9 Å². The number of pyridine rings is 1. The molecule has 1 unspecified atom stereocenters. The topological polar surface area (TPSA) is 107 Å². The van der Waals surface area contributed by atoms with Gasteiger partial charge in [-0.2, -0.15) is 5.10 Å². The molecule has 3 aromatic rings. The lowest BCUT2D eigenvalue weighted by atomic mass is 10.1. The van der Waals surface area contributed by atoms with Crippen LogP contribution in [-0.2, 0) is 11.2 Å². The lowest BCUT2D eigenvalue weighted by Crippen LogP contribution is -2.13. The number of hydrogen-bond acceptors (Lipinski definition) is 6. The Balaban J connectivity index is 1.33. The quantitative estimate of drug-likeness (QED) is 0.685. The van der Waals surface area contributed by atoms with E-state index in [4.69, 9.17) is 10.5 Å². The van der Waals surface area contributed by atoms with Gasteiger partial charge in [0.25, 0.3) is 11.9 Å². The molecule has 0 bridgehead atoms. The second-order valence-electron chi connectivity index (χ2n) is 6.48. The first-order valence-corrected chi connectivity index (χ1v) is 9.00. The molecule has 0 spiro atoms. The van der Waals surface area contributed by atoms with Crippen molar-refractivity contribution in [2.24, 2.45) is 10.7 Å². The van der Waals surface area contributed by atoms with Gasteiger partial charge in [0.1, 0.15) is 6.61 Å². The number of aromatic nitrogens is 3. The third-order valence-corrected chi connectivity index (χ3v) is 4.46. The SMILES string of the molecule is NC1=NC(CCc2ccc(NC(=O)c3ccc(-n4cccn4)nc3)cc2)CO1. The molecule has 1 aliphatic rings. The average molecular weight is 376 g/mol. The Morgan fingerprint density at radius 1 is 1.25 bits per heavy atom. The number of aliphatic imine (C=N–C) groups is 1. The third kappa shape index (κ3) is 4.17. The fourth-order valence-corrected chi connectivity index (χ4v) is 2.94. The molecular weight excluding hydrogens is 356 g/mol. The number of hydrogen-bond donors (Lipinski definition) is 2. The van der Waals surface area contributed by atoms with Crippen molar-refractivity contribution in [3.05, 3.63) is 72.2 Å². The predicted molar refractivity (Wildman–Crippen MR) is 105 cm³/mol. The zero-order chi connectivity index (χ0) is 19.3.